The van der Waals surface area contributed by atoms with Gasteiger partial charge in [-0.1, -0.05) is 28.1 Å². The van der Waals surface area contributed by atoms with Crippen molar-refractivity contribution in [2.24, 2.45) is 0 Å². The van der Waals surface area contributed by atoms with Crippen LogP contribution >= 0.6 is 15.9 Å². The van der Waals surface area contributed by atoms with E-state index in [1.807, 2.05) is 24.3 Å². The van der Waals surface area contributed by atoms with Crippen molar-refractivity contribution < 1.29 is 17.9 Å². The van der Waals surface area contributed by atoms with Crippen molar-refractivity contribution in [2.75, 3.05) is 24.6 Å². The lowest BCUT2D eigenvalue weighted by atomic mass is 10.1. The Bertz CT molecular complexity index is 928. The summed E-state index contributed by atoms with van der Waals surface area (Å²) in [4.78, 5) is 15.7. The average molecular weight is 428 g/mol. The van der Waals surface area contributed by atoms with Crippen LogP contribution in [0.5, 0.6) is 0 Å². The van der Waals surface area contributed by atoms with Crippen LogP contribution in [0, 0.1) is 0 Å². The van der Waals surface area contributed by atoms with Gasteiger partial charge in [0, 0.05) is 17.6 Å². The molecule has 1 aliphatic heterocycles. The number of hydrogen-bond donors (Lipinski definition) is 1. The van der Waals surface area contributed by atoms with Gasteiger partial charge in [0.05, 0.1) is 12.9 Å². The van der Waals surface area contributed by atoms with Crippen molar-refractivity contribution >= 4 is 32.9 Å². The molecule has 0 spiro atoms. The van der Waals surface area contributed by atoms with Gasteiger partial charge in [-0.3, -0.25) is 0 Å². The molecular weight excluding hydrogens is 415 g/mol. The Morgan fingerprint density at radius 3 is 2.69 bits per heavy atom. The summed E-state index contributed by atoms with van der Waals surface area (Å²) in [6.45, 7) is 1.18. The fraction of sp³-hybridized carbons (Fsp3) is 0.312. The Kier molecular flexibility index (Phi) is 4.31. The molecule has 1 unspecified atom stereocenters. The lowest BCUT2D eigenvalue weighted by Gasteiger charge is -2.34. The molecule has 1 aromatic carbocycles. The van der Waals surface area contributed by atoms with Gasteiger partial charge >= 0.3 is 6.18 Å². The highest BCUT2D eigenvalue weighted by molar-refractivity contribution is 9.10. The number of anilines is 1. The maximum absolute atomic E-state index is 13.1. The standard InChI is InChI=1S/C16H13BrF3N5O/c17-10-3-1-9(2-4-10)11-7-25(5-6-26-11)14-12-13(22-8-21-12)23-15(24-14)16(18,19)20/h1-4,8,11H,5-7H2,(H,21,22,23,24). The number of hydrogen-bond acceptors (Lipinski definition) is 5. The third-order valence-corrected chi connectivity index (χ3v) is 4.66. The van der Waals surface area contributed by atoms with Crippen molar-refractivity contribution in [3.05, 3.63) is 46.5 Å². The van der Waals surface area contributed by atoms with E-state index in [1.165, 1.54) is 6.33 Å². The molecule has 3 heterocycles. The van der Waals surface area contributed by atoms with Gasteiger partial charge in [-0.15, -0.1) is 0 Å². The van der Waals surface area contributed by atoms with Gasteiger partial charge in [0.15, 0.2) is 11.5 Å². The van der Waals surface area contributed by atoms with Gasteiger partial charge in [0.2, 0.25) is 5.82 Å². The fourth-order valence-electron chi connectivity index (χ4n) is 2.89. The first kappa shape index (κ1) is 17.2. The van der Waals surface area contributed by atoms with E-state index in [0.29, 0.717) is 25.2 Å². The van der Waals surface area contributed by atoms with Crippen LogP contribution in [0.1, 0.15) is 17.5 Å². The third-order valence-electron chi connectivity index (χ3n) is 4.13. The molecular formula is C16H13BrF3N5O. The summed E-state index contributed by atoms with van der Waals surface area (Å²) in [5.74, 6) is -1.01. The molecule has 26 heavy (non-hydrogen) atoms. The van der Waals surface area contributed by atoms with Crippen molar-refractivity contribution in [1.82, 2.24) is 19.9 Å². The van der Waals surface area contributed by atoms with Gasteiger partial charge in [-0.05, 0) is 17.7 Å². The van der Waals surface area contributed by atoms with Gasteiger partial charge in [-0.25, -0.2) is 15.0 Å². The predicted octanol–water partition coefficient (Wildman–Crippen LogP) is 3.71. The van der Waals surface area contributed by atoms with E-state index >= 15 is 0 Å². The topological polar surface area (TPSA) is 66.9 Å². The third kappa shape index (κ3) is 3.26. The van der Waals surface area contributed by atoms with Crippen LogP contribution in [0.4, 0.5) is 19.0 Å². The quantitative estimate of drug-likeness (QED) is 0.674. The van der Waals surface area contributed by atoms with E-state index in [0.717, 1.165) is 10.0 Å². The van der Waals surface area contributed by atoms with Crippen LogP contribution in [0.25, 0.3) is 11.2 Å². The molecule has 1 fully saturated rings. The number of benzene rings is 1. The minimum absolute atomic E-state index is 0.00555. The van der Waals surface area contributed by atoms with E-state index in [1.54, 1.807) is 4.90 Å². The van der Waals surface area contributed by atoms with Crippen LogP contribution in [0.3, 0.4) is 0 Å². The zero-order valence-electron chi connectivity index (χ0n) is 13.3. The number of alkyl halides is 3. The summed E-state index contributed by atoms with van der Waals surface area (Å²) < 4.78 is 46.2. The van der Waals surface area contributed by atoms with E-state index in [9.17, 15) is 13.2 Å². The number of aromatic nitrogens is 4. The van der Waals surface area contributed by atoms with Crippen molar-refractivity contribution in [3.63, 3.8) is 0 Å². The van der Waals surface area contributed by atoms with E-state index in [4.69, 9.17) is 4.74 Å². The molecule has 0 amide bonds. The molecule has 10 heteroatoms. The van der Waals surface area contributed by atoms with Gasteiger partial charge in [0.25, 0.3) is 0 Å². The molecule has 6 nitrogen and oxygen atoms in total. The molecule has 3 aromatic rings. The zero-order chi connectivity index (χ0) is 18.3. The van der Waals surface area contributed by atoms with Crippen LogP contribution < -0.4 is 4.90 Å². The molecule has 1 saturated heterocycles. The molecule has 1 N–H and O–H groups in total. The Balaban J connectivity index is 1.70. The summed E-state index contributed by atoms with van der Waals surface area (Å²) in [6.07, 6.45) is -3.59. The average Bonchev–Trinajstić information content (AvgIpc) is 3.09. The highest BCUT2D eigenvalue weighted by Crippen LogP contribution is 2.33. The molecule has 4 rings (SSSR count). The number of halogens is 4. The maximum Gasteiger partial charge on any atom is 0.451 e. The normalized spacial score (nSPS) is 18.5. The largest absolute Gasteiger partial charge is 0.451 e. The minimum atomic E-state index is -4.64. The Labute approximate surface area is 154 Å². The maximum atomic E-state index is 13.1. The number of rotatable bonds is 2. The van der Waals surface area contributed by atoms with E-state index in [2.05, 4.69) is 35.9 Å². The lowest BCUT2D eigenvalue weighted by molar-refractivity contribution is -0.144. The number of imidazole rings is 1. The monoisotopic (exact) mass is 427 g/mol. The zero-order valence-corrected chi connectivity index (χ0v) is 14.9. The number of nitrogens with zero attached hydrogens (tertiary/aromatic N) is 4. The van der Waals surface area contributed by atoms with E-state index < -0.39 is 12.0 Å². The second kappa shape index (κ2) is 6.51. The number of nitrogens with one attached hydrogen (secondary N) is 1. The van der Waals surface area contributed by atoms with Crippen molar-refractivity contribution in [2.45, 2.75) is 12.3 Å². The lowest BCUT2D eigenvalue weighted by Crippen LogP contribution is -2.39. The van der Waals surface area contributed by atoms with Gasteiger partial charge in [-0.2, -0.15) is 13.2 Å². The van der Waals surface area contributed by atoms with Crippen LogP contribution in [-0.2, 0) is 10.9 Å². The Morgan fingerprint density at radius 1 is 1.19 bits per heavy atom. The van der Waals surface area contributed by atoms with Gasteiger partial charge < -0.3 is 14.6 Å². The number of H-pyrrole nitrogens is 1. The fourth-order valence-corrected chi connectivity index (χ4v) is 3.16. The smallest absolute Gasteiger partial charge is 0.370 e. The highest BCUT2D eigenvalue weighted by atomic mass is 79.9. The van der Waals surface area contributed by atoms with E-state index in [-0.39, 0.29) is 17.6 Å². The van der Waals surface area contributed by atoms with Gasteiger partial charge in [0.1, 0.15) is 11.6 Å². The first-order chi connectivity index (χ1) is 12.4. The highest BCUT2D eigenvalue weighted by Gasteiger charge is 2.37. The molecule has 2 aromatic heterocycles. The first-order valence-corrected chi connectivity index (χ1v) is 8.61. The van der Waals surface area contributed by atoms with Crippen molar-refractivity contribution in [1.29, 1.82) is 0 Å². The number of fused-ring (bicyclic) bond motifs is 1. The first-order valence-electron chi connectivity index (χ1n) is 7.82. The van der Waals surface area contributed by atoms with Crippen LogP contribution in [-0.4, -0.2) is 39.6 Å². The summed E-state index contributed by atoms with van der Waals surface area (Å²) in [5.41, 5.74) is 1.33. The summed E-state index contributed by atoms with van der Waals surface area (Å²) in [7, 11) is 0. The Morgan fingerprint density at radius 2 is 1.96 bits per heavy atom. The Hall–Kier alpha value is -2.20. The SMILES string of the molecule is FC(F)(F)c1nc(N2CCOC(c3ccc(Br)cc3)C2)c2[nH]cnc2n1. The molecule has 0 bridgehead atoms. The summed E-state index contributed by atoms with van der Waals surface area (Å²) in [6, 6.07) is 7.64. The predicted molar refractivity (Wildman–Crippen MR) is 91.7 cm³/mol. The van der Waals surface area contributed by atoms with Crippen molar-refractivity contribution in [3.8, 4) is 0 Å². The molecule has 136 valence electrons. The summed E-state index contributed by atoms with van der Waals surface area (Å²) >= 11 is 3.38. The minimum Gasteiger partial charge on any atom is -0.370 e. The molecule has 1 atom stereocenters. The molecule has 1 aliphatic rings. The van der Waals surface area contributed by atoms with Crippen LogP contribution in [0.15, 0.2) is 35.1 Å². The number of morpholine rings is 1. The number of aromatic amines is 1. The molecule has 0 aliphatic carbocycles. The molecule has 0 radical (unpaired) electrons. The number of ether oxygens (including phenoxy) is 1. The summed E-state index contributed by atoms with van der Waals surface area (Å²) in [5, 5.41) is 0. The second-order valence-corrected chi connectivity index (χ2v) is 6.74. The van der Waals surface area contributed by atoms with Crippen LogP contribution in [0.2, 0.25) is 0 Å². The molecule has 0 saturated carbocycles. The second-order valence-electron chi connectivity index (χ2n) is 5.83.